The molecule has 0 aromatic carbocycles. The third-order valence-electron chi connectivity index (χ3n) is 3.66. The van der Waals surface area contributed by atoms with E-state index in [1.807, 2.05) is 0 Å². The summed E-state index contributed by atoms with van der Waals surface area (Å²) in [5, 5.41) is 2.76. The zero-order valence-corrected chi connectivity index (χ0v) is 13.1. The molecule has 7 nitrogen and oxygen atoms in total. The van der Waals surface area contributed by atoms with Gasteiger partial charge in [-0.2, -0.15) is 0 Å². The second-order valence-corrected chi connectivity index (χ2v) is 5.66. The second-order valence-electron chi connectivity index (χ2n) is 5.66. The van der Waals surface area contributed by atoms with Gasteiger partial charge in [-0.1, -0.05) is 0 Å². The lowest BCUT2D eigenvalue weighted by Crippen LogP contribution is -2.55. The van der Waals surface area contributed by atoms with Crippen LogP contribution >= 0.6 is 0 Å². The highest BCUT2D eigenvalue weighted by Gasteiger charge is 2.39. The van der Waals surface area contributed by atoms with E-state index in [1.165, 1.54) is 0 Å². The molecule has 0 bridgehead atoms. The van der Waals surface area contributed by atoms with Crippen LogP contribution in [-0.4, -0.2) is 74.5 Å². The molecule has 0 aromatic heterocycles. The van der Waals surface area contributed by atoms with Gasteiger partial charge in [-0.3, -0.25) is 14.4 Å². The van der Waals surface area contributed by atoms with Crippen LogP contribution in [0, 0.1) is 5.41 Å². The molecule has 0 aliphatic carbocycles. The van der Waals surface area contributed by atoms with Crippen LogP contribution < -0.4 is 5.32 Å². The molecule has 1 rings (SSSR count). The predicted molar refractivity (Wildman–Crippen MR) is 77.5 cm³/mol. The first-order chi connectivity index (χ1) is 9.93. The molecule has 0 radical (unpaired) electrons. The molecule has 1 heterocycles. The van der Waals surface area contributed by atoms with Crippen LogP contribution in [0.2, 0.25) is 0 Å². The SMILES string of the molecule is COCCCNC(=O)C(C)(C)C(=O)N1CCN(C=O)CC1. The van der Waals surface area contributed by atoms with Gasteiger partial charge in [0.05, 0.1) is 0 Å². The first-order valence-electron chi connectivity index (χ1n) is 7.19. The molecule has 1 saturated heterocycles. The minimum atomic E-state index is -1.10. The normalized spacial score (nSPS) is 15.8. The predicted octanol–water partition coefficient (Wildman–Crippen LogP) is -0.534. The van der Waals surface area contributed by atoms with Crippen LogP contribution in [0.25, 0.3) is 0 Å². The number of ether oxygens (including phenoxy) is 1. The van der Waals surface area contributed by atoms with Gasteiger partial charge in [0.25, 0.3) is 0 Å². The molecule has 0 spiro atoms. The van der Waals surface area contributed by atoms with E-state index in [4.69, 9.17) is 4.74 Å². The summed E-state index contributed by atoms with van der Waals surface area (Å²) in [5.74, 6) is -0.473. The molecule has 0 atom stereocenters. The lowest BCUT2D eigenvalue weighted by atomic mass is 9.90. The third-order valence-corrected chi connectivity index (χ3v) is 3.66. The molecule has 0 unspecified atom stereocenters. The van der Waals surface area contributed by atoms with E-state index >= 15 is 0 Å². The van der Waals surface area contributed by atoms with Crippen LogP contribution in [0.15, 0.2) is 0 Å². The van der Waals surface area contributed by atoms with E-state index in [-0.39, 0.29) is 11.8 Å². The molecule has 1 aliphatic heterocycles. The van der Waals surface area contributed by atoms with Gasteiger partial charge in [0.1, 0.15) is 5.41 Å². The maximum absolute atomic E-state index is 12.5. The molecule has 1 aliphatic rings. The smallest absolute Gasteiger partial charge is 0.237 e. The Morgan fingerprint density at radius 2 is 1.86 bits per heavy atom. The van der Waals surface area contributed by atoms with Gasteiger partial charge in [0, 0.05) is 46.4 Å². The lowest BCUT2D eigenvalue weighted by molar-refractivity contribution is -0.150. The molecule has 0 saturated carbocycles. The van der Waals surface area contributed by atoms with Crippen LogP contribution in [0.5, 0.6) is 0 Å². The van der Waals surface area contributed by atoms with Crippen LogP contribution in [-0.2, 0) is 19.1 Å². The summed E-state index contributed by atoms with van der Waals surface area (Å²) in [4.78, 5) is 38.6. The zero-order valence-electron chi connectivity index (χ0n) is 13.1. The average Bonchev–Trinajstić information content (AvgIpc) is 2.50. The highest BCUT2D eigenvalue weighted by Crippen LogP contribution is 2.20. The average molecular weight is 299 g/mol. The standard InChI is InChI=1S/C14H25N3O4/c1-14(2,12(19)15-5-4-10-21-3)13(20)17-8-6-16(11-18)7-9-17/h11H,4-10H2,1-3H3,(H,15,19). The van der Waals surface area contributed by atoms with Crippen molar-refractivity contribution in [3.05, 3.63) is 0 Å². The minimum absolute atomic E-state index is 0.197. The maximum atomic E-state index is 12.5. The summed E-state index contributed by atoms with van der Waals surface area (Å²) in [7, 11) is 1.61. The number of hydrogen-bond donors (Lipinski definition) is 1. The fraction of sp³-hybridized carbons (Fsp3) is 0.786. The fourth-order valence-corrected chi connectivity index (χ4v) is 2.16. The molecule has 120 valence electrons. The Kier molecular flexibility index (Phi) is 6.61. The summed E-state index contributed by atoms with van der Waals surface area (Å²) in [5.41, 5.74) is -1.10. The monoisotopic (exact) mass is 299 g/mol. The molecule has 1 fully saturated rings. The van der Waals surface area contributed by atoms with E-state index in [0.29, 0.717) is 45.8 Å². The van der Waals surface area contributed by atoms with Crippen molar-refractivity contribution in [1.82, 2.24) is 15.1 Å². The number of rotatable bonds is 7. The van der Waals surface area contributed by atoms with Crippen molar-refractivity contribution < 1.29 is 19.1 Å². The van der Waals surface area contributed by atoms with Crippen molar-refractivity contribution in [3.8, 4) is 0 Å². The van der Waals surface area contributed by atoms with E-state index < -0.39 is 5.41 Å². The number of carbonyl (C=O) groups is 3. The molecular weight excluding hydrogens is 274 g/mol. The van der Waals surface area contributed by atoms with Gasteiger partial charge in [0.15, 0.2) is 0 Å². The molecule has 3 amide bonds. The molecule has 1 N–H and O–H groups in total. The van der Waals surface area contributed by atoms with Crippen LogP contribution in [0.1, 0.15) is 20.3 Å². The van der Waals surface area contributed by atoms with Crippen LogP contribution in [0.3, 0.4) is 0 Å². The topological polar surface area (TPSA) is 79.0 Å². The number of nitrogens with one attached hydrogen (secondary N) is 1. The quantitative estimate of drug-likeness (QED) is 0.389. The minimum Gasteiger partial charge on any atom is -0.385 e. The maximum Gasteiger partial charge on any atom is 0.237 e. The number of nitrogens with zero attached hydrogens (tertiary/aromatic N) is 2. The van der Waals surface area contributed by atoms with Crippen molar-refractivity contribution in [2.45, 2.75) is 20.3 Å². The van der Waals surface area contributed by atoms with Crippen LogP contribution in [0.4, 0.5) is 0 Å². The Bertz CT molecular complexity index is 376. The van der Waals surface area contributed by atoms with Crippen molar-refractivity contribution >= 4 is 18.2 Å². The van der Waals surface area contributed by atoms with Gasteiger partial charge in [-0.15, -0.1) is 0 Å². The van der Waals surface area contributed by atoms with Gasteiger partial charge in [0.2, 0.25) is 18.2 Å². The molecular formula is C14H25N3O4. The number of methoxy groups -OCH3 is 1. The summed E-state index contributed by atoms with van der Waals surface area (Å²) in [6, 6.07) is 0. The first kappa shape index (κ1) is 17.4. The van der Waals surface area contributed by atoms with E-state index in [0.717, 1.165) is 6.41 Å². The molecule has 7 heteroatoms. The van der Waals surface area contributed by atoms with E-state index in [9.17, 15) is 14.4 Å². The van der Waals surface area contributed by atoms with E-state index in [2.05, 4.69) is 5.32 Å². The van der Waals surface area contributed by atoms with Gasteiger partial charge >= 0.3 is 0 Å². The van der Waals surface area contributed by atoms with Gasteiger partial charge in [-0.05, 0) is 20.3 Å². The third kappa shape index (κ3) is 4.70. The highest BCUT2D eigenvalue weighted by molar-refractivity contribution is 6.04. The summed E-state index contributed by atoms with van der Waals surface area (Å²) >= 11 is 0. The number of amides is 3. The highest BCUT2D eigenvalue weighted by atomic mass is 16.5. The Morgan fingerprint density at radius 1 is 1.24 bits per heavy atom. The van der Waals surface area contributed by atoms with Crippen molar-refractivity contribution in [2.24, 2.45) is 5.41 Å². The fourth-order valence-electron chi connectivity index (χ4n) is 2.16. The largest absolute Gasteiger partial charge is 0.385 e. The second kappa shape index (κ2) is 7.97. The first-order valence-corrected chi connectivity index (χ1v) is 7.19. The number of carbonyl (C=O) groups excluding carboxylic acids is 3. The van der Waals surface area contributed by atoms with Crippen molar-refractivity contribution in [2.75, 3.05) is 46.4 Å². The Hall–Kier alpha value is -1.63. The molecule has 0 aromatic rings. The Labute approximate surface area is 125 Å². The summed E-state index contributed by atoms with van der Waals surface area (Å²) in [6.07, 6.45) is 1.50. The Morgan fingerprint density at radius 3 is 2.38 bits per heavy atom. The number of hydrogen-bond acceptors (Lipinski definition) is 4. The summed E-state index contributed by atoms with van der Waals surface area (Å²) < 4.78 is 4.91. The molecule has 21 heavy (non-hydrogen) atoms. The van der Waals surface area contributed by atoms with E-state index in [1.54, 1.807) is 30.8 Å². The summed E-state index contributed by atoms with van der Waals surface area (Å²) in [6.45, 7) is 6.29. The van der Waals surface area contributed by atoms with Gasteiger partial charge in [-0.25, -0.2) is 0 Å². The Balaban J connectivity index is 2.50. The van der Waals surface area contributed by atoms with Crippen molar-refractivity contribution in [3.63, 3.8) is 0 Å². The zero-order chi connectivity index (χ0) is 15.9. The number of piperazine rings is 1. The van der Waals surface area contributed by atoms with Crippen molar-refractivity contribution in [1.29, 1.82) is 0 Å². The lowest BCUT2D eigenvalue weighted by Gasteiger charge is -2.36. The van der Waals surface area contributed by atoms with Gasteiger partial charge < -0.3 is 19.9 Å².